The molecule has 0 fully saturated rings. The Balaban J connectivity index is 1.49. The number of carbonyl (C=O) groups is 1. The first-order valence-corrected chi connectivity index (χ1v) is 8.93. The highest BCUT2D eigenvalue weighted by atomic mass is 35.5. The summed E-state index contributed by atoms with van der Waals surface area (Å²) in [6, 6.07) is 14.5. The molecule has 0 atom stereocenters. The van der Waals surface area contributed by atoms with E-state index in [1.807, 2.05) is 24.3 Å². The number of fused-ring (bicyclic) bond motifs is 1. The van der Waals surface area contributed by atoms with Crippen molar-refractivity contribution in [3.05, 3.63) is 65.3 Å². The van der Waals surface area contributed by atoms with Crippen LogP contribution in [-0.4, -0.2) is 21.2 Å². The van der Waals surface area contributed by atoms with Crippen molar-refractivity contribution in [2.24, 2.45) is 0 Å². The minimum absolute atomic E-state index is 0.156. The lowest BCUT2D eigenvalue weighted by molar-refractivity contribution is 0.102. The monoisotopic (exact) mass is 355 g/mol. The highest BCUT2D eigenvalue weighted by Gasteiger charge is 2.15. The number of amides is 1. The molecular formula is C18H14ClN3OS. The lowest BCUT2D eigenvalue weighted by atomic mass is 10.1. The van der Waals surface area contributed by atoms with Gasteiger partial charge in [-0.05, 0) is 36.4 Å². The number of halogens is 1. The van der Waals surface area contributed by atoms with Gasteiger partial charge < -0.3 is 9.88 Å². The Morgan fingerprint density at radius 2 is 1.88 bits per heavy atom. The number of thioether (sulfide) groups is 1. The van der Waals surface area contributed by atoms with Gasteiger partial charge in [-0.3, -0.25) is 4.79 Å². The second-order valence-corrected chi connectivity index (χ2v) is 6.99. The summed E-state index contributed by atoms with van der Waals surface area (Å²) in [7, 11) is 0. The van der Waals surface area contributed by atoms with Crippen molar-refractivity contribution in [1.29, 1.82) is 0 Å². The van der Waals surface area contributed by atoms with E-state index in [0.717, 1.165) is 34.4 Å². The van der Waals surface area contributed by atoms with Gasteiger partial charge in [0.15, 0.2) is 5.16 Å². The van der Waals surface area contributed by atoms with E-state index in [4.69, 9.17) is 11.6 Å². The molecule has 4 nitrogen and oxygen atoms in total. The summed E-state index contributed by atoms with van der Waals surface area (Å²) in [5.41, 5.74) is 3.33. The molecule has 2 aromatic carbocycles. The quantitative estimate of drug-likeness (QED) is 0.749. The largest absolute Gasteiger partial charge is 0.325 e. The normalized spacial score (nSPS) is 12.9. The minimum Gasteiger partial charge on any atom is -0.325 e. The van der Waals surface area contributed by atoms with E-state index in [1.165, 1.54) is 0 Å². The summed E-state index contributed by atoms with van der Waals surface area (Å²) in [5, 5.41) is 4.57. The average molecular weight is 356 g/mol. The van der Waals surface area contributed by atoms with Crippen LogP contribution in [0.1, 0.15) is 10.4 Å². The van der Waals surface area contributed by atoms with E-state index in [2.05, 4.69) is 21.1 Å². The summed E-state index contributed by atoms with van der Waals surface area (Å²) in [6.45, 7) is 1.02. The molecule has 1 amide bonds. The first-order chi connectivity index (χ1) is 11.7. The van der Waals surface area contributed by atoms with Gasteiger partial charge in [0.1, 0.15) is 0 Å². The van der Waals surface area contributed by atoms with E-state index >= 15 is 0 Å². The molecule has 3 aromatic rings. The van der Waals surface area contributed by atoms with E-state index in [0.29, 0.717) is 10.6 Å². The van der Waals surface area contributed by atoms with Crippen molar-refractivity contribution >= 4 is 35.0 Å². The standard InChI is InChI=1S/C18H14ClN3OS/c19-14-5-1-13(2-6-14)17(23)20-15-7-3-12(4-8-15)16-11-22-9-10-24-18(22)21-16/h1-8,11H,9-10H2,(H,20,23). The SMILES string of the molecule is O=C(Nc1ccc(-c2cn3c(n2)SCC3)cc1)c1ccc(Cl)cc1. The molecule has 1 aliphatic rings. The van der Waals surface area contributed by atoms with Gasteiger partial charge in [0.2, 0.25) is 0 Å². The van der Waals surface area contributed by atoms with Gasteiger partial charge in [-0.25, -0.2) is 4.98 Å². The smallest absolute Gasteiger partial charge is 0.255 e. The zero-order valence-electron chi connectivity index (χ0n) is 12.7. The van der Waals surface area contributed by atoms with E-state index in [9.17, 15) is 4.79 Å². The van der Waals surface area contributed by atoms with E-state index in [1.54, 1.807) is 36.0 Å². The van der Waals surface area contributed by atoms with Gasteiger partial charge in [0.25, 0.3) is 5.91 Å². The number of hydrogen-bond acceptors (Lipinski definition) is 3. The molecule has 24 heavy (non-hydrogen) atoms. The highest BCUT2D eigenvalue weighted by molar-refractivity contribution is 7.99. The topological polar surface area (TPSA) is 46.9 Å². The van der Waals surface area contributed by atoms with Gasteiger partial charge in [0.05, 0.1) is 5.69 Å². The Labute approximate surface area is 148 Å². The molecule has 0 saturated heterocycles. The van der Waals surface area contributed by atoms with Crippen molar-refractivity contribution in [3.63, 3.8) is 0 Å². The number of benzene rings is 2. The van der Waals surface area contributed by atoms with Crippen molar-refractivity contribution in [2.45, 2.75) is 11.7 Å². The summed E-state index contributed by atoms with van der Waals surface area (Å²) < 4.78 is 2.18. The maximum absolute atomic E-state index is 12.2. The number of nitrogens with zero attached hydrogens (tertiary/aromatic N) is 2. The number of nitrogens with one attached hydrogen (secondary N) is 1. The number of anilines is 1. The number of aryl methyl sites for hydroxylation is 1. The Bertz CT molecular complexity index is 866. The second kappa shape index (κ2) is 6.34. The molecular weight excluding hydrogens is 342 g/mol. The number of imidazole rings is 1. The van der Waals surface area contributed by atoms with Crippen LogP contribution in [0, 0.1) is 0 Å². The van der Waals surface area contributed by atoms with Crippen LogP contribution in [0.2, 0.25) is 5.02 Å². The highest BCUT2D eigenvalue weighted by Crippen LogP contribution is 2.29. The maximum atomic E-state index is 12.2. The lowest BCUT2D eigenvalue weighted by Gasteiger charge is -2.06. The van der Waals surface area contributed by atoms with Crippen LogP contribution in [0.3, 0.4) is 0 Å². The van der Waals surface area contributed by atoms with Crippen LogP contribution in [-0.2, 0) is 6.54 Å². The molecule has 6 heteroatoms. The van der Waals surface area contributed by atoms with Gasteiger partial charge in [0, 0.05) is 40.3 Å². The molecule has 4 rings (SSSR count). The zero-order valence-corrected chi connectivity index (χ0v) is 14.3. The molecule has 1 aromatic heterocycles. The van der Waals surface area contributed by atoms with Crippen LogP contribution >= 0.6 is 23.4 Å². The third-order valence-corrected chi connectivity index (χ3v) is 5.07. The van der Waals surface area contributed by atoms with Crippen molar-refractivity contribution in [1.82, 2.24) is 9.55 Å². The van der Waals surface area contributed by atoms with Crippen LogP contribution < -0.4 is 5.32 Å². The van der Waals surface area contributed by atoms with Crippen molar-refractivity contribution < 1.29 is 4.79 Å². The Morgan fingerprint density at radius 3 is 2.58 bits per heavy atom. The van der Waals surface area contributed by atoms with Crippen molar-refractivity contribution in [2.75, 3.05) is 11.1 Å². The maximum Gasteiger partial charge on any atom is 0.255 e. The molecule has 0 saturated carbocycles. The van der Waals surface area contributed by atoms with Crippen LogP contribution in [0.5, 0.6) is 0 Å². The number of aromatic nitrogens is 2. The minimum atomic E-state index is -0.156. The number of rotatable bonds is 3. The van der Waals surface area contributed by atoms with Gasteiger partial charge >= 0.3 is 0 Å². The molecule has 0 spiro atoms. The number of carbonyl (C=O) groups excluding carboxylic acids is 1. The third kappa shape index (κ3) is 3.05. The Morgan fingerprint density at radius 1 is 1.12 bits per heavy atom. The molecule has 1 N–H and O–H groups in total. The summed E-state index contributed by atoms with van der Waals surface area (Å²) in [6.07, 6.45) is 2.08. The molecule has 0 radical (unpaired) electrons. The Hall–Kier alpha value is -2.24. The molecule has 0 bridgehead atoms. The molecule has 0 aliphatic carbocycles. The predicted octanol–water partition coefficient (Wildman–Crippen LogP) is 4.56. The fourth-order valence-corrected chi connectivity index (χ4v) is 3.65. The fraction of sp³-hybridized carbons (Fsp3) is 0.111. The van der Waals surface area contributed by atoms with Crippen molar-refractivity contribution in [3.8, 4) is 11.3 Å². The fourth-order valence-electron chi connectivity index (χ4n) is 2.58. The zero-order chi connectivity index (χ0) is 16.5. The Kier molecular flexibility index (Phi) is 4.04. The first-order valence-electron chi connectivity index (χ1n) is 7.56. The first kappa shape index (κ1) is 15.3. The third-order valence-electron chi connectivity index (χ3n) is 3.85. The summed E-state index contributed by atoms with van der Waals surface area (Å²) >= 11 is 7.62. The predicted molar refractivity (Wildman–Crippen MR) is 97.8 cm³/mol. The number of hydrogen-bond donors (Lipinski definition) is 1. The summed E-state index contributed by atoms with van der Waals surface area (Å²) in [4.78, 5) is 16.8. The molecule has 0 unspecified atom stereocenters. The van der Waals surface area contributed by atoms with E-state index in [-0.39, 0.29) is 5.91 Å². The molecule has 120 valence electrons. The average Bonchev–Trinajstić information content (AvgIpc) is 3.18. The van der Waals surface area contributed by atoms with E-state index < -0.39 is 0 Å². The second-order valence-electron chi connectivity index (χ2n) is 5.49. The molecule has 2 heterocycles. The summed E-state index contributed by atoms with van der Waals surface area (Å²) in [5.74, 6) is 0.940. The lowest BCUT2D eigenvalue weighted by Crippen LogP contribution is -2.11. The molecule has 1 aliphatic heterocycles. The van der Waals surface area contributed by atoms with Gasteiger partial charge in [-0.15, -0.1) is 0 Å². The van der Waals surface area contributed by atoms with Crippen LogP contribution in [0.15, 0.2) is 59.9 Å². The van der Waals surface area contributed by atoms with Crippen LogP contribution in [0.25, 0.3) is 11.3 Å². The van der Waals surface area contributed by atoms with Gasteiger partial charge in [-0.2, -0.15) is 0 Å². The van der Waals surface area contributed by atoms with Gasteiger partial charge in [-0.1, -0.05) is 35.5 Å². The van der Waals surface area contributed by atoms with Crippen LogP contribution in [0.4, 0.5) is 5.69 Å².